The van der Waals surface area contributed by atoms with E-state index in [0.717, 1.165) is 23.4 Å². The summed E-state index contributed by atoms with van der Waals surface area (Å²) in [5, 5.41) is 3.90. The molecule has 17 heavy (non-hydrogen) atoms. The lowest BCUT2D eigenvalue weighted by molar-refractivity contribution is 0.252. The van der Waals surface area contributed by atoms with Crippen LogP contribution in [0.1, 0.15) is 23.4 Å². The summed E-state index contributed by atoms with van der Waals surface area (Å²) in [6.45, 7) is 4.49. The molecule has 0 bridgehead atoms. The molecular formula is C11H18N2O3S. The van der Waals surface area contributed by atoms with Crippen LogP contribution in [0.5, 0.6) is 0 Å². The van der Waals surface area contributed by atoms with Crippen LogP contribution in [-0.2, 0) is 16.4 Å². The maximum absolute atomic E-state index is 11.4. The quantitative estimate of drug-likeness (QED) is 0.806. The van der Waals surface area contributed by atoms with Crippen LogP contribution in [0.3, 0.4) is 0 Å². The zero-order valence-corrected chi connectivity index (χ0v) is 11.2. The third-order valence-corrected chi connectivity index (χ3v) is 5.17. The van der Waals surface area contributed by atoms with E-state index in [1.54, 1.807) is 0 Å². The molecule has 5 nitrogen and oxygen atoms in total. The van der Waals surface area contributed by atoms with E-state index in [1.165, 1.54) is 0 Å². The Labute approximate surface area is 102 Å². The van der Waals surface area contributed by atoms with E-state index < -0.39 is 9.84 Å². The molecule has 0 radical (unpaired) electrons. The van der Waals surface area contributed by atoms with E-state index >= 15 is 0 Å². The Kier molecular flexibility index (Phi) is 3.27. The first-order valence-electron chi connectivity index (χ1n) is 5.71. The van der Waals surface area contributed by atoms with Crippen molar-refractivity contribution in [3.05, 3.63) is 17.0 Å². The van der Waals surface area contributed by atoms with Gasteiger partial charge in [0, 0.05) is 18.2 Å². The fraction of sp³-hybridized carbons (Fsp3) is 0.727. The Morgan fingerprint density at radius 1 is 1.47 bits per heavy atom. The van der Waals surface area contributed by atoms with Crippen LogP contribution in [-0.4, -0.2) is 43.1 Å². The van der Waals surface area contributed by atoms with Crippen molar-refractivity contribution in [2.24, 2.45) is 0 Å². The van der Waals surface area contributed by atoms with Gasteiger partial charge in [-0.05, 0) is 27.3 Å². The molecule has 0 unspecified atom stereocenters. The third-order valence-electron chi connectivity index (χ3n) is 3.42. The molecular weight excluding hydrogens is 240 g/mol. The van der Waals surface area contributed by atoms with Crippen molar-refractivity contribution < 1.29 is 12.9 Å². The van der Waals surface area contributed by atoms with Gasteiger partial charge in [0.05, 0.1) is 17.2 Å². The molecule has 1 aliphatic rings. The smallest absolute Gasteiger partial charge is 0.151 e. The van der Waals surface area contributed by atoms with Gasteiger partial charge in [0.1, 0.15) is 5.76 Å². The number of aryl methyl sites for hydroxylation is 2. The van der Waals surface area contributed by atoms with E-state index in [9.17, 15) is 8.42 Å². The fourth-order valence-electron chi connectivity index (χ4n) is 2.23. The Balaban J connectivity index is 2.05. The lowest BCUT2D eigenvalue weighted by Gasteiger charge is -2.22. The van der Waals surface area contributed by atoms with Crippen LogP contribution in [0.15, 0.2) is 4.52 Å². The molecule has 0 amide bonds. The first-order valence-corrected chi connectivity index (χ1v) is 7.53. The molecule has 1 atom stereocenters. The Bertz CT molecular complexity index is 487. The van der Waals surface area contributed by atoms with Crippen LogP contribution in [0.4, 0.5) is 0 Å². The molecule has 0 aliphatic carbocycles. The number of aromatic nitrogens is 1. The summed E-state index contributed by atoms with van der Waals surface area (Å²) in [6.07, 6.45) is 0.724. The largest absolute Gasteiger partial charge is 0.361 e. The highest BCUT2D eigenvalue weighted by molar-refractivity contribution is 7.91. The molecule has 1 aromatic rings. The molecule has 96 valence electrons. The number of nitrogens with zero attached hydrogens (tertiary/aromatic N) is 2. The predicted molar refractivity (Wildman–Crippen MR) is 64.5 cm³/mol. The van der Waals surface area contributed by atoms with Crippen molar-refractivity contribution in [1.82, 2.24) is 10.1 Å². The first-order chi connectivity index (χ1) is 7.89. The van der Waals surface area contributed by atoms with Gasteiger partial charge < -0.3 is 4.52 Å². The average molecular weight is 258 g/mol. The van der Waals surface area contributed by atoms with Gasteiger partial charge in [-0.2, -0.15) is 0 Å². The fourth-order valence-corrected chi connectivity index (χ4v) is 4.03. The average Bonchev–Trinajstić information content (AvgIpc) is 2.75. The predicted octanol–water partition coefficient (Wildman–Crippen LogP) is 0.910. The van der Waals surface area contributed by atoms with E-state index in [0.29, 0.717) is 12.3 Å². The van der Waals surface area contributed by atoms with Crippen molar-refractivity contribution >= 4 is 9.84 Å². The second-order valence-electron chi connectivity index (χ2n) is 4.77. The minimum Gasteiger partial charge on any atom is -0.361 e. The lowest BCUT2D eigenvalue weighted by Crippen LogP contribution is -2.32. The number of hydrogen-bond acceptors (Lipinski definition) is 5. The number of sulfone groups is 1. The SMILES string of the molecule is Cc1noc(C)c1CN(C)[C@@H]1CCS(=O)(=O)C1. The molecule has 1 fully saturated rings. The minimum atomic E-state index is -2.82. The molecule has 0 N–H and O–H groups in total. The van der Waals surface area contributed by atoms with Crippen molar-refractivity contribution in [2.45, 2.75) is 32.9 Å². The molecule has 0 saturated carbocycles. The van der Waals surface area contributed by atoms with Gasteiger partial charge in [-0.1, -0.05) is 5.16 Å². The summed E-state index contributed by atoms with van der Waals surface area (Å²) < 4.78 is 28.0. The van der Waals surface area contributed by atoms with Crippen molar-refractivity contribution in [2.75, 3.05) is 18.6 Å². The van der Waals surface area contributed by atoms with Gasteiger partial charge in [0.2, 0.25) is 0 Å². The maximum Gasteiger partial charge on any atom is 0.151 e. The highest BCUT2D eigenvalue weighted by atomic mass is 32.2. The van der Waals surface area contributed by atoms with Gasteiger partial charge in [-0.25, -0.2) is 8.42 Å². The minimum absolute atomic E-state index is 0.119. The number of hydrogen-bond donors (Lipinski definition) is 0. The van der Waals surface area contributed by atoms with Crippen LogP contribution in [0.2, 0.25) is 0 Å². The zero-order valence-electron chi connectivity index (χ0n) is 10.4. The summed E-state index contributed by atoms with van der Waals surface area (Å²) in [4.78, 5) is 2.08. The highest BCUT2D eigenvalue weighted by Gasteiger charge is 2.31. The lowest BCUT2D eigenvalue weighted by atomic mass is 10.1. The maximum atomic E-state index is 11.4. The van der Waals surface area contributed by atoms with Gasteiger partial charge in [0.25, 0.3) is 0 Å². The highest BCUT2D eigenvalue weighted by Crippen LogP contribution is 2.21. The monoisotopic (exact) mass is 258 g/mol. The van der Waals surface area contributed by atoms with Crippen LogP contribution in [0, 0.1) is 13.8 Å². The van der Waals surface area contributed by atoms with Gasteiger partial charge >= 0.3 is 0 Å². The van der Waals surface area contributed by atoms with Gasteiger partial charge in [0.15, 0.2) is 9.84 Å². The number of rotatable bonds is 3. The van der Waals surface area contributed by atoms with E-state index in [2.05, 4.69) is 10.1 Å². The van der Waals surface area contributed by atoms with Crippen LogP contribution < -0.4 is 0 Å². The molecule has 2 heterocycles. The molecule has 1 aromatic heterocycles. The van der Waals surface area contributed by atoms with Crippen LogP contribution in [0.25, 0.3) is 0 Å². The van der Waals surface area contributed by atoms with E-state index in [-0.39, 0.29) is 11.8 Å². The summed E-state index contributed by atoms with van der Waals surface area (Å²) in [6, 6.07) is 0.119. The van der Waals surface area contributed by atoms with Crippen molar-refractivity contribution in [3.63, 3.8) is 0 Å². The summed E-state index contributed by atoms with van der Waals surface area (Å²) >= 11 is 0. The first kappa shape index (κ1) is 12.6. The van der Waals surface area contributed by atoms with Gasteiger partial charge in [-0.15, -0.1) is 0 Å². The standard InChI is InChI=1S/C11H18N2O3S/c1-8-11(9(2)16-12-8)6-13(3)10-4-5-17(14,15)7-10/h10H,4-7H2,1-3H3/t10-/m1/s1. The summed E-state index contributed by atoms with van der Waals surface area (Å²) in [7, 11) is -0.865. The Morgan fingerprint density at radius 3 is 2.65 bits per heavy atom. The Hall–Kier alpha value is -0.880. The van der Waals surface area contributed by atoms with Crippen molar-refractivity contribution in [3.8, 4) is 0 Å². The molecule has 6 heteroatoms. The Morgan fingerprint density at radius 2 is 2.18 bits per heavy atom. The van der Waals surface area contributed by atoms with E-state index in [1.807, 2.05) is 20.9 Å². The molecule has 0 aromatic carbocycles. The normalized spacial score (nSPS) is 23.4. The zero-order chi connectivity index (χ0) is 12.6. The summed E-state index contributed by atoms with van der Waals surface area (Å²) in [5.41, 5.74) is 1.95. The van der Waals surface area contributed by atoms with E-state index in [4.69, 9.17) is 4.52 Å². The molecule has 1 saturated heterocycles. The topological polar surface area (TPSA) is 63.4 Å². The van der Waals surface area contributed by atoms with Crippen LogP contribution >= 0.6 is 0 Å². The summed E-state index contributed by atoms with van der Waals surface area (Å²) in [5.74, 6) is 1.39. The second kappa shape index (κ2) is 4.42. The second-order valence-corrected chi connectivity index (χ2v) is 7.00. The molecule has 0 spiro atoms. The van der Waals surface area contributed by atoms with Gasteiger partial charge in [-0.3, -0.25) is 4.90 Å². The molecule has 1 aliphatic heterocycles. The molecule has 2 rings (SSSR count). The van der Waals surface area contributed by atoms with Crippen molar-refractivity contribution in [1.29, 1.82) is 0 Å². The third kappa shape index (κ3) is 2.69.